The van der Waals surface area contributed by atoms with Crippen molar-refractivity contribution < 1.29 is 9.53 Å². The molecule has 1 aliphatic heterocycles. The normalized spacial score (nSPS) is 22.1. The van der Waals surface area contributed by atoms with Gasteiger partial charge in [-0.25, -0.2) is 4.98 Å². The van der Waals surface area contributed by atoms with Crippen LogP contribution in [-0.2, 0) is 9.53 Å². The summed E-state index contributed by atoms with van der Waals surface area (Å²) in [7, 11) is 0. The van der Waals surface area contributed by atoms with Crippen LogP contribution in [0.3, 0.4) is 0 Å². The minimum Gasteiger partial charge on any atom is -0.376 e. The number of fused-ring (bicyclic) bond motifs is 1. The molecule has 1 aliphatic carbocycles. The Labute approximate surface area is 146 Å². The predicted molar refractivity (Wildman–Crippen MR) is 97.5 cm³/mol. The fourth-order valence-corrected chi connectivity index (χ4v) is 4.78. The molecule has 4 nitrogen and oxygen atoms in total. The van der Waals surface area contributed by atoms with Gasteiger partial charge < -0.3 is 4.74 Å². The molecular weight excluding hydrogens is 320 g/mol. The van der Waals surface area contributed by atoms with E-state index in [0.29, 0.717) is 6.54 Å². The number of nitrogens with zero attached hydrogens (tertiary/aromatic N) is 2. The van der Waals surface area contributed by atoms with Gasteiger partial charge in [0.05, 0.1) is 22.9 Å². The number of anilines is 1. The van der Waals surface area contributed by atoms with Gasteiger partial charge in [0.25, 0.3) is 0 Å². The van der Waals surface area contributed by atoms with Crippen LogP contribution in [0.4, 0.5) is 5.13 Å². The molecule has 0 N–H and O–H groups in total. The van der Waals surface area contributed by atoms with Crippen LogP contribution in [0.5, 0.6) is 0 Å². The Kier molecular flexibility index (Phi) is 4.81. The third-order valence-electron chi connectivity index (χ3n) is 5.14. The number of aromatic nitrogens is 1. The van der Waals surface area contributed by atoms with Gasteiger partial charge in [-0.15, -0.1) is 0 Å². The fraction of sp³-hybridized carbons (Fsp3) is 0.579. The summed E-state index contributed by atoms with van der Waals surface area (Å²) in [6.45, 7) is 1.46. The molecular formula is C19H24N2O2S. The fourth-order valence-electron chi connectivity index (χ4n) is 3.80. The molecule has 1 saturated carbocycles. The molecule has 1 aromatic heterocycles. The minimum atomic E-state index is 0.157. The molecule has 1 amide bonds. The van der Waals surface area contributed by atoms with Gasteiger partial charge in [0.2, 0.25) is 5.91 Å². The van der Waals surface area contributed by atoms with Crippen molar-refractivity contribution in [3.8, 4) is 0 Å². The summed E-state index contributed by atoms with van der Waals surface area (Å²) < 4.78 is 6.94. The molecule has 0 radical (unpaired) electrons. The zero-order valence-electron chi connectivity index (χ0n) is 13.9. The second-order valence-electron chi connectivity index (χ2n) is 6.88. The Bertz CT molecular complexity index is 669. The second-order valence-corrected chi connectivity index (χ2v) is 7.89. The van der Waals surface area contributed by atoms with Gasteiger partial charge in [0.15, 0.2) is 5.13 Å². The number of amides is 1. The Morgan fingerprint density at radius 3 is 2.75 bits per heavy atom. The quantitative estimate of drug-likeness (QED) is 0.826. The van der Waals surface area contributed by atoms with E-state index in [1.807, 2.05) is 23.1 Å². The van der Waals surface area contributed by atoms with Gasteiger partial charge in [-0.3, -0.25) is 9.69 Å². The van der Waals surface area contributed by atoms with Crippen LogP contribution in [-0.4, -0.2) is 30.1 Å². The Morgan fingerprint density at radius 1 is 1.17 bits per heavy atom. The Hall–Kier alpha value is -1.46. The van der Waals surface area contributed by atoms with Crippen LogP contribution < -0.4 is 4.90 Å². The highest BCUT2D eigenvalue weighted by Crippen LogP contribution is 2.33. The largest absolute Gasteiger partial charge is 0.376 e. The standard InChI is InChI=1S/C19H24N2O2S/c22-18(14-7-2-1-3-8-14)21(13-15-9-6-12-23-15)19-20-16-10-4-5-11-17(16)24-19/h4-5,10-11,14-15H,1-3,6-9,12-13H2/t15-/m0/s1. The van der Waals surface area contributed by atoms with Crippen molar-refractivity contribution in [1.29, 1.82) is 0 Å². The maximum atomic E-state index is 13.2. The summed E-state index contributed by atoms with van der Waals surface area (Å²) in [4.78, 5) is 19.9. The molecule has 0 bridgehead atoms. The maximum absolute atomic E-state index is 13.2. The SMILES string of the molecule is O=C(C1CCCCC1)N(C[C@@H]1CCCO1)c1nc2ccccc2s1. The topological polar surface area (TPSA) is 42.4 Å². The van der Waals surface area contributed by atoms with Crippen molar-refractivity contribution in [1.82, 2.24) is 4.98 Å². The van der Waals surface area contributed by atoms with Crippen LogP contribution in [0.1, 0.15) is 44.9 Å². The van der Waals surface area contributed by atoms with Crippen LogP contribution in [0.2, 0.25) is 0 Å². The van der Waals surface area contributed by atoms with Crippen LogP contribution in [0, 0.1) is 5.92 Å². The lowest BCUT2D eigenvalue weighted by Gasteiger charge is -2.29. The minimum absolute atomic E-state index is 0.157. The summed E-state index contributed by atoms with van der Waals surface area (Å²) in [6, 6.07) is 8.12. The molecule has 2 fully saturated rings. The molecule has 0 unspecified atom stereocenters. The van der Waals surface area contributed by atoms with Gasteiger partial charge in [-0.2, -0.15) is 0 Å². The van der Waals surface area contributed by atoms with Crippen molar-refractivity contribution in [2.75, 3.05) is 18.1 Å². The number of hydrogen-bond donors (Lipinski definition) is 0. The number of para-hydroxylation sites is 1. The lowest BCUT2D eigenvalue weighted by atomic mass is 9.88. The Balaban J connectivity index is 1.61. The maximum Gasteiger partial charge on any atom is 0.231 e. The first-order chi connectivity index (χ1) is 11.8. The average Bonchev–Trinajstić information content (AvgIpc) is 3.29. The molecule has 2 heterocycles. The van der Waals surface area contributed by atoms with E-state index in [1.165, 1.54) is 19.3 Å². The van der Waals surface area contributed by atoms with Gasteiger partial charge in [-0.05, 0) is 37.8 Å². The van der Waals surface area contributed by atoms with E-state index in [2.05, 4.69) is 6.07 Å². The van der Waals surface area contributed by atoms with Crippen molar-refractivity contribution in [3.63, 3.8) is 0 Å². The molecule has 1 atom stereocenters. The highest BCUT2D eigenvalue weighted by Gasteiger charge is 2.31. The number of rotatable bonds is 4. The summed E-state index contributed by atoms with van der Waals surface area (Å²) in [5, 5.41) is 0.835. The van der Waals surface area contributed by atoms with E-state index in [1.54, 1.807) is 11.3 Å². The highest BCUT2D eigenvalue weighted by molar-refractivity contribution is 7.22. The van der Waals surface area contributed by atoms with Crippen LogP contribution in [0.15, 0.2) is 24.3 Å². The lowest BCUT2D eigenvalue weighted by molar-refractivity contribution is -0.123. The number of ether oxygens (including phenoxy) is 1. The number of carbonyl (C=O) groups excluding carboxylic acids is 1. The Morgan fingerprint density at radius 2 is 2.00 bits per heavy atom. The molecule has 1 saturated heterocycles. The molecule has 5 heteroatoms. The van der Waals surface area contributed by atoms with Crippen molar-refractivity contribution in [3.05, 3.63) is 24.3 Å². The molecule has 0 spiro atoms. The summed E-state index contributed by atoms with van der Waals surface area (Å²) in [5.74, 6) is 0.413. The highest BCUT2D eigenvalue weighted by atomic mass is 32.1. The van der Waals surface area contributed by atoms with Gasteiger partial charge in [0.1, 0.15) is 0 Å². The van der Waals surface area contributed by atoms with Gasteiger partial charge in [-0.1, -0.05) is 42.7 Å². The zero-order chi connectivity index (χ0) is 16.4. The molecule has 2 aromatic rings. The van der Waals surface area contributed by atoms with Crippen LogP contribution >= 0.6 is 11.3 Å². The summed E-state index contributed by atoms with van der Waals surface area (Å²) in [6.07, 6.45) is 7.93. The van der Waals surface area contributed by atoms with Crippen molar-refractivity contribution in [2.45, 2.75) is 51.0 Å². The third-order valence-corrected chi connectivity index (χ3v) is 6.20. The van der Waals surface area contributed by atoms with E-state index in [-0.39, 0.29) is 17.9 Å². The number of thiazole rings is 1. The van der Waals surface area contributed by atoms with E-state index < -0.39 is 0 Å². The molecule has 1 aromatic carbocycles. The predicted octanol–water partition coefficient (Wildman–Crippen LogP) is 4.39. The molecule has 24 heavy (non-hydrogen) atoms. The second kappa shape index (κ2) is 7.19. The van der Waals surface area contributed by atoms with E-state index >= 15 is 0 Å². The molecule has 4 rings (SSSR count). The molecule has 2 aliphatic rings. The number of benzene rings is 1. The lowest BCUT2D eigenvalue weighted by Crippen LogP contribution is -2.41. The smallest absolute Gasteiger partial charge is 0.231 e. The van der Waals surface area contributed by atoms with Gasteiger partial charge >= 0.3 is 0 Å². The van der Waals surface area contributed by atoms with Crippen molar-refractivity contribution in [2.24, 2.45) is 5.92 Å². The van der Waals surface area contributed by atoms with Crippen molar-refractivity contribution >= 4 is 32.6 Å². The van der Waals surface area contributed by atoms with Gasteiger partial charge in [0, 0.05) is 12.5 Å². The summed E-state index contributed by atoms with van der Waals surface area (Å²) >= 11 is 1.62. The number of hydrogen-bond acceptors (Lipinski definition) is 4. The number of carbonyl (C=O) groups is 1. The van der Waals surface area contributed by atoms with Crippen LogP contribution in [0.25, 0.3) is 10.2 Å². The van der Waals surface area contributed by atoms with E-state index in [0.717, 1.165) is 47.6 Å². The van der Waals surface area contributed by atoms with E-state index in [9.17, 15) is 4.79 Å². The first-order valence-electron chi connectivity index (χ1n) is 9.10. The first kappa shape index (κ1) is 16.0. The zero-order valence-corrected chi connectivity index (χ0v) is 14.8. The monoisotopic (exact) mass is 344 g/mol. The first-order valence-corrected chi connectivity index (χ1v) is 9.91. The summed E-state index contributed by atoms with van der Waals surface area (Å²) in [5.41, 5.74) is 0.978. The van der Waals surface area contributed by atoms with E-state index in [4.69, 9.17) is 9.72 Å². The molecule has 128 valence electrons. The average molecular weight is 344 g/mol. The third kappa shape index (κ3) is 3.33.